The van der Waals surface area contributed by atoms with E-state index in [0.29, 0.717) is 12.8 Å². The van der Waals surface area contributed by atoms with Gasteiger partial charge in [-0.3, -0.25) is 4.57 Å². The summed E-state index contributed by atoms with van der Waals surface area (Å²) < 4.78 is 17.3. The van der Waals surface area contributed by atoms with Crippen LogP contribution < -0.4 is 0 Å². The Balaban J connectivity index is 3.57. The Hall–Kier alpha value is 0.190. The van der Waals surface area contributed by atoms with Crippen LogP contribution in [0.25, 0.3) is 0 Å². The van der Waals surface area contributed by atoms with Crippen molar-refractivity contribution < 1.29 is 9.09 Å². The number of unbranched alkanes of at least 4 members (excludes halogenated alkanes) is 4. The van der Waals surface area contributed by atoms with Crippen molar-refractivity contribution in [1.29, 1.82) is 0 Å². The first kappa shape index (κ1) is 14.2. The van der Waals surface area contributed by atoms with Crippen LogP contribution in [0.5, 0.6) is 0 Å². The Bertz CT molecular complexity index is 169. The fraction of sp³-hybridized carbons (Fsp3) is 1.00. The first-order valence-electron chi connectivity index (χ1n) is 5.91. The van der Waals surface area contributed by atoms with Gasteiger partial charge < -0.3 is 4.52 Å². The molecule has 1 atom stereocenters. The average molecular weight is 220 g/mol. The molecule has 0 N–H and O–H groups in total. The van der Waals surface area contributed by atoms with E-state index in [1.54, 1.807) is 0 Å². The van der Waals surface area contributed by atoms with E-state index in [1.165, 1.54) is 25.7 Å². The van der Waals surface area contributed by atoms with Crippen LogP contribution in [-0.4, -0.2) is 18.9 Å². The summed E-state index contributed by atoms with van der Waals surface area (Å²) in [6.45, 7) is 6.67. The van der Waals surface area contributed by atoms with Crippen LogP contribution >= 0.6 is 7.37 Å². The van der Waals surface area contributed by atoms with Gasteiger partial charge in [-0.25, -0.2) is 0 Å². The van der Waals surface area contributed by atoms with Crippen LogP contribution in [0.3, 0.4) is 0 Å². The fourth-order valence-corrected chi connectivity index (χ4v) is 3.31. The molecule has 0 aromatic rings. The van der Waals surface area contributed by atoms with E-state index in [1.807, 2.05) is 13.8 Å². The lowest BCUT2D eigenvalue weighted by atomic mass is 10.2. The predicted molar refractivity (Wildman–Crippen MR) is 63.4 cm³/mol. The van der Waals surface area contributed by atoms with Crippen LogP contribution in [0.2, 0.25) is 0 Å². The third kappa shape index (κ3) is 6.62. The highest BCUT2D eigenvalue weighted by molar-refractivity contribution is 7.58. The molecule has 0 aliphatic rings. The highest BCUT2D eigenvalue weighted by Crippen LogP contribution is 2.47. The van der Waals surface area contributed by atoms with Gasteiger partial charge in [-0.1, -0.05) is 39.5 Å². The molecule has 0 radical (unpaired) electrons. The summed E-state index contributed by atoms with van der Waals surface area (Å²) in [6.07, 6.45) is 7.56. The summed E-state index contributed by atoms with van der Waals surface area (Å²) in [4.78, 5) is 0. The molecule has 86 valence electrons. The van der Waals surface area contributed by atoms with Crippen LogP contribution in [-0.2, 0) is 9.09 Å². The minimum absolute atomic E-state index is 0.583. The van der Waals surface area contributed by atoms with Crippen LogP contribution in [0.4, 0.5) is 0 Å². The standard InChI is InChI=1S/C11H25O2P/c1-4-7-8-9-10-11-14(12,6-3)13-5-2/h4-11H2,1-3H3. The van der Waals surface area contributed by atoms with Crippen molar-refractivity contribution in [2.24, 2.45) is 0 Å². The van der Waals surface area contributed by atoms with Crippen LogP contribution in [0, 0.1) is 0 Å². The molecular formula is C11H25O2P. The highest BCUT2D eigenvalue weighted by atomic mass is 31.2. The summed E-state index contributed by atoms with van der Waals surface area (Å²) in [5.41, 5.74) is 0. The SMILES string of the molecule is CCCCCCCP(=O)(CC)OCC. The number of rotatable bonds is 9. The molecule has 0 spiro atoms. The topological polar surface area (TPSA) is 26.3 Å². The Morgan fingerprint density at radius 1 is 1.00 bits per heavy atom. The molecule has 0 aromatic carbocycles. The lowest BCUT2D eigenvalue weighted by molar-refractivity contribution is 0.332. The Morgan fingerprint density at radius 3 is 2.14 bits per heavy atom. The zero-order valence-corrected chi connectivity index (χ0v) is 10.8. The second-order valence-corrected chi connectivity index (χ2v) is 6.65. The van der Waals surface area contributed by atoms with Crippen molar-refractivity contribution in [2.45, 2.75) is 52.9 Å². The molecule has 0 saturated heterocycles. The van der Waals surface area contributed by atoms with Crippen molar-refractivity contribution >= 4 is 7.37 Å². The van der Waals surface area contributed by atoms with E-state index in [-0.39, 0.29) is 0 Å². The van der Waals surface area contributed by atoms with E-state index in [4.69, 9.17) is 4.52 Å². The Kier molecular flexibility index (Phi) is 8.61. The molecule has 0 fully saturated rings. The summed E-state index contributed by atoms with van der Waals surface area (Å²) >= 11 is 0. The third-order valence-corrected chi connectivity index (χ3v) is 5.14. The van der Waals surface area contributed by atoms with Crippen molar-refractivity contribution in [1.82, 2.24) is 0 Å². The molecular weight excluding hydrogens is 195 g/mol. The molecule has 0 aliphatic heterocycles. The molecule has 0 aliphatic carbocycles. The fourth-order valence-electron chi connectivity index (χ4n) is 1.51. The second kappa shape index (κ2) is 8.49. The molecule has 1 unspecified atom stereocenters. The van der Waals surface area contributed by atoms with Gasteiger partial charge >= 0.3 is 0 Å². The maximum absolute atomic E-state index is 12.0. The zero-order valence-electron chi connectivity index (χ0n) is 9.92. The van der Waals surface area contributed by atoms with Gasteiger partial charge in [0.05, 0.1) is 6.61 Å². The molecule has 0 saturated carbocycles. The summed E-state index contributed by atoms with van der Waals surface area (Å²) in [6, 6.07) is 0. The largest absolute Gasteiger partial charge is 0.329 e. The van der Waals surface area contributed by atoms with E-state index >= 15 is 0 Å². The third-order valence-electron chi connectivity index (χ3n) is 2.45. The zero-order chi connectivity index (χ0) is 10.9. The van der Waals surface area contributed by atoms with Crippen molar-refractivity contribution in [3.63, 3.8) is 0 Å². The lowest BCUT2D eigenvalue weighted by Crippen LogP contribution is -1.98. The van der Waals surface area contributed by atoms with Gasteiger partial charge in [0, 0.05) is 12.3 Å². The lowest BCUT2D eigenvalue weighted by Gasteiger charge is -2.15. The first-order chi connectivity index (χ1) is 6.68. The van der Waals surface area contributed by atoms with E-state index < -0.39 is 7.37 Å². The van der Waals surface area contributed by atoms with Crippen LogP contribution in [0.15, 0.2) is 0 Å². The van der Waals surface area contributed by atoms with Gasteiger partial charge in [0.2, 0.25) is 7.37 Å². The molecule has 0 bridgehead atoms. The normalized spacial score (nSPS) is 15.4. The minimum atomic E-state index is -2.25. The molecule has 0 amide bonds. The van der Waals surface area contributed by atoms with Gasteiger partial charge in [0.1, 0.15) is 0 Å². The molecule has 0 rings (SSSR count). The average Bonchev–Trinajstić information content (AvgIpc) is 2.18. The van der Waals surface area contributed by atoms with E-state index in [2.05, 4.69) is 6.92 Å². The smallest absolute Gasteiger partial charge is 0.202 e. The quantitative estimate of drug-likeness (QED) is 0.428. The Morgan fingerprint density at radius 2 is 1.64 bits per heavy atom. The number of hydrogen-bond donors (Lipinski definition) is 0. The molecule has 0 heterocycles. The predicted octanol–water partition coefficient (Wildman–Crippen LogP) is 4.29. The van der Waals surface area contributed by atoms with Gasteiger partial charge in [0.25, 0.3) is 0 Å². The maximum atomic E-state index is 12.0. The van der Waals surface area contributed by atoms with E-state index in [9.17, 15) is 4.57 Å². The summed E-state index contributed by atoms with van der Waals surface area (Å²) in [5.74, 6) is 0. The summed E-state index contributed by atoms with van der Waals surface area (Å²) in [5, 5.41) is 0. The van der Waals surface area contributed by atoms with Crippen molar-refractivity contribution in [3.8, 4) is 0 Å². The van der Waals surface area contributed by atoms with Gasteiger partial charge in [0.15, 0.2) is 0 Å². The van der Waals surface area contributed by atoms with Gasteiger partial charge in [-0.2, -0.15) is 0 Å². The Labute approximate surface area is 88.9 Å². The monoisotopic (exact) mass is 220 g/mol. The minimum Gasteiger partial charge on any atom is -0.329 e. The molecule has 3 heteroatoms. The summed E-state index contributed by atoms with van der Waals surface area (Å²) in [7, 11) is -2.25. The van der Waals surface area contributed by atoms with E-state index in [0.717, 1.165) is 12.6 Å². The molecule has 14 heavy (non-hydrogen) atoms. The molecule has 0 aromatic heterocycles. The second-order valence-electron chi connectivity index (χ2n) is 3.69. The number of hydrogen-bond acceptors (Lipinski definition) is 2. The van der Waals surface area contributed by atoms with Crippen molar-refractivity contribution in [2.75, 3.05) is 18.9 Å². The van der Waals surface area contributed by atoms with Gasteiger partial charge in [-0.15, -0.1) is 0 Å². The van der Waals surface area contributed by atoms with Crippen molar-refractivity contribution in [3.05, 3.63) is 0 Å². The molecule has 2 nitrogen and oxygen atoms in total. The maximum Gasteiger partial charge on any atom is 0.202 e. The first-order valence-corrected chi connectivity index (χ1v) is 7.90. The highest BCUT2D eigenvalue weighted by Gasteiger charge is 2.18. The van der Waals surface area contributed by atoms with Gasteiger partial charge in [-0.05, 0) is 13.3 Å². The van der Waals surface area contributed by atoms with Crippen LogP contribution in [0.1, 0.15) is 52.9 Å².